The molecule has 0 bridgehead atoms. The predicted molar refractivity (Wildman–Crippen MR) is 580 cm³/mol. The van der Waals surface area contributed by atoms with Gasteiger partial charge in [0.2, 0.25) is 0 Å². The van der Waals surface area contributed by atoms with Crippen molar-refractivity contribution in [3.63, 3.8) is 0 Å². The minimum Gasteiger partial charge on any atom is -0.367 e. The van der Waals surface area contributed by atoms with Crippen LogP contribution in [0.25, 0.3) is 129 Å². The molecule has 18 aromatic heterocycles. The Morgan fingerprint density at radius 3 is 1.36 bits per heavy atom. The Hall–Kier alpha value is -15.9. The molecule has 36 heteroatoms. The highest BCUT2D eigenvalue weighted by molar-refractivity contribution is 5.85. The molecule has 0 saturated carbocycles. The van der Waals surface area contributed by atoms with E-state index in [1.807, 2.05) is 206 Å². The lowest BCUT2D eigenvalue weighted by Crippen LogP contribution is -2.55. The number of nitrogens with zero attached hydrogens (tertiary/aromatic N) is 30. The standard InChI is InChI=1S/C24H29N7O.C24H25N5O.C23H27N7O.C21H22N6O.C20H20N6O/c1-14-7-19(29-11-16(3)28(6)17(4)12-29)13-30-23(32)9-20(26-24(14)30)21-8-22-18(5)25-15(2)10-31(22)27-21;1-16(2)27-10-8-18(9-11-27)19-4-7-23-26-21(12-24(30)29(23)15-19)20-5-6-22-25-17(3)13-28(22)14-20;1-14-8-18(28-7-6-27(5)16(3)12-28)13-29-22(31)10-19(25-23(14)29)20-9-21-17(4)24-15(2)11-30(21)26-20;1-25-7-5-14(6-8-25)19-13-27-20(11-22-19)23-18(10-21(27)28)15-3-4-17-16(9-15)12-26(2)24-17;1-25-11-15-8-14(2-3-16(15)24-25)17-9-20(27)26-12-18(22-10-19(26)23-17)13-4-6-21-7-5-13/h7-10,13,16-17H,11-12H2,1-6H3;4-8,12-16H,9-11H2,1-3H3;8-11,13,16H,6-7,12H2,1-5H3;3-4,9-14H,5-8H2,1-2H3;2-3,8-13,21H,4-7H2,1H3/t16-,17+;;16-;;/m..0../s1. The molecule has 1 N–H and O–H groups in total. The van der Waals surface area contributed by atoms with E-state index in [9.17, 15) is 24.0 Å². The number of piperidine rings is 2. The highest BCUT2D eigenvalue weighted by atomic mass is 16.1. The number of imidazole rings is 1. The van der Waals surface area contributed by atoms with Gasteiger partial charge in [0.15, 0.2) is 11.3 Å². The lowest BCUT2D eigenvalue weighted by Gasteiger charge is -2.43. The van der Waals surface area contributed by atoms with Crippen molar-refractivity contribution in [1.29, 1.82) is 0 Å². The van der Waals surface area contributed by atoms with Crippen molar-refractivity contribution < 1.29 is 0 Å². The normalized spacial score (nSPS) is 17.0. The molecule has 4 fully saturated rings. The van der Waals surface area contributed by atoms with E-state index < -0.39 is 0 Å². The summed E-state index contributed by atoms with van der Waals surface area (Å²) in [5, 5.41) is 23.5. The second-order valence-corrected chi connectivity index (χ2v) is 40.9. The maximum Gasteiger partial charge on any atom is 0.258 e. The molecule has 0 radical (unpaired) electrons. The molecule has 2 aromatic carbocycles. The fourth-order valence-electron chi connectivity index (χ4n) is 21.0. The first-order valence-electron chi connectivity index (χ1n) is 50.9. The molecule has 0 amide bonds. The summed E-state index contributed by atoms with van der Waals surface area (Å²) in [6.07, 6.45) is 32.1. The number of anilines is 2. The number of likely N-dealkylation sites (tertiary alicyclic amines) is 1. The van der Waals surface area contributed by atoms with E-state index in [1.54, 1.807) is 78.6 Å². The topological polar surface area (TPSA) is 342 Å². The van der Waals surface area contributed by atoms with Crippen molar-refractivity contribution in [2.24, 2.45) is 14.1 Å². The zero-order chi connectivity index (χ0) is 103. The summed E-state index contributed by atoms with van der Waals surface area (Å²) >= 11 is 0. The van der Waals surface area contributed by atoms with Gasteiger partial charge in [-0.1, -0.05) is 18.2 Å². The molecule has 25 rings (SSSR count). The van der Waals surface area contributed by atoms with Crippen LogP contribution in [-0.2, 0) is 14.1 Å². The van der Waals surface area contributed by atoms with E-state index in [0.717, 1.165) is 227 Å². The van der Waals surface area contributed by atoms with Crippen LogP contribution in [0.1, 0.15) is 135 Å². The molecule has 3 atom stereocenters. The second-order valence-electron chi connectivity index (χ2n) is 40.9. The van der Waals surface area contributed by atoms with E-state index in [4.69, 9.17) is 15.0 Å². The monoisotopic (exact) mass is 1980 g/mol. The van der Waals surface area contributed by atoms with Gasteiger partial charge in [0.25, 0.3) is 27.8 Å². The number of likely N-dealkylation sites (N-methyl/N-ethyl adjacent to an activating group) is 2. The quantitative estimate of drug-likeness (QED) is 0.126. The zero-order valence-corrected chi connectivity index (χ0v) is 86.8. The third-order valence-corrected chi connectivity index (χ3v) is 29.7. The van der Waals surface area contributed by atoms with E-state index in [2.05, 4.69) is 170 Å². The molecule has 23 heterocycles. The van der Waals surface area contributed by atoms with Gasteiger partial charge in [0.1, 0.15) is 34.0 Å². The maximum absolute atomic E-state index is 13.1. The first-order valence-corrected chi connectivity index (χ1v) is 50.9. The van der Waals surface area contributed by atoms with Gasteiger partial charge in [-0.3, -0.25) is 85.1 Å². The van der Waals surface area contributed by atoms with E-state index >= 15 is 0 Å². The minimum absolute atomic E-state index is 0.0704. The molecule has 0 aliphatic carbocycles. The van der Waals surface area contributed by atoms with E-state index in [-0.39, 0.29) is 27.8 Å². The highest BCUT2D eigenvalue weighted by Gasteiger charge is 2.30. The smallest absolute Gasteiger partial charge is 0.258 e. The third kappa shape index (κ3) is 20.3. The summed E-state index contributed by atoms with van der Waals surface area (Å²) in [4.78, 5) is 125. The van der Waals surface area contributed by atoms with Crippen LogP contribution in [0, 0.1) is 48.5 Å². The Kier molecular flexibility index (Phi) is 26.9. The summed E-state index contributed by atoms with van der Waals surface area (Å²) in [5.74, 6) is 0.801. The molecule has 0 unspecified atom stereocenters. The fourth-order valence-corrected chi connectivity index (χ4v) is 21.0. The molecular weight excluding hydrogens is 1860 g/mol. The van der Waals surface area contributed by atoms with Crippen LogP contribution in [0.4, 0.5) is 11.4 Å². The molecule has 36 nitrogen and oxygen atoms in total. The van der Waals surface area contributed by atoms with Crippen LogP contribution in [0.2, 0.25) is 0 Å². The zero-order valence-electron chi connectivity index (χ0n) is 86.8. The van der Waals surface area contributed by atoms with Crippen molar-refractivity contribution in [3.8, 4) is 56.5 Å². The SMILES string of the molecule is CN1CCC(c2cn3c(=O)cc(-c4ccc5nn(C)cc5c4)nc3cn2)CC1.Cc1cn2cc(-c3cc(=O)n4cc(C5=CCN(C(C)C)CC5)ccc4n3)ccc2n1.Cc1cn2nc(-c3cc(=O)n4cc(N5CCN(C)[C@@H](C)C5)cc(C)c4n3)cc2c(C)n1.Cc1cn2nc(-c3cc(=O)n4cc(N5C[C@@H](C)N(C)[C@@H](C)C5)cc(C)c4n3)cc2c(C)n1.Cn1cc2cc(-c3cc(=O)n4cc(C5CCNCC5)ncc4n3)ccc2n1. The van der Waals surface area contributed by atoms with Crippen molar-refractivity contribution in [2.45, 2.75) is 151 Å². The lowest BCUT2D eigenvalue weighted by atomic mass is 9.94. The van der Waals surface area contributed by atoms with Gasteiger partial charge in [-0.05, 0) is 258 Å². The molecule has 4 saturated heterocycles. The number of fused-ring (bicyclic) bond motifs is 10. The molecule has 5 aliphatic heterocycles. The van der Waals surface area contributed by atoms with Gasteiger partial charge in [-0.25, -0.2) is 38.9 Å². The first kappa shape index (κ1) is 98.2. The van der Waals surface area contributed by atoms with Gasteiger partial charge in [0.05, 0.1) is 127 Å². The number of nitrogens with one attached hydrogen (secondary N) is 1. The number of hydrogen-bond donors (Lipinski definition) is 1. The Morgan fingerprint density at radius 1 is 0.378 bits per heavy atom. The van der Waals surface area contributed by atoms with Gasteiger partial charge < -0.3 is 29.3 Å². The Labute approximate surface area is 853 Å². The maximum atomic E-state index is 13.1. The summed E-state index contributed by atoms with van der Waals surface area (Å²) < 4.78 is 17.3. The van der Waals surface area contributed by atoms with Crippen LogP contribution >= 0.6 is 0 Å². The summed E-state index contributed by atoms with van der Waals surface area (Å²) in [6, 6.07) is 37.8. The molecule has 5 aliphatic rings. The van der Waals surface area contributed by atoms with Crippen LogP contribution in [-0.4, -0.2) is 252 Å². The summed E-state index contributed by atoms with van der Waals surface area (Å²) in [5.41, 5.74) is 27.4. The average Bonchev–Trinajstić information content (AvgIpc) is 1.70. The van der Waals surface area contributed by atoms with Crippen LogP contribution in [0.5, 0.6) is 0 Å². The number of aromatic nitrogens is 24. The van der Waals surface area contributed by atoms with Gasteiger partial charge in [0, 0.05) is 209 Å². The third-order valence-electron chi connectivity index (χ3n) is 29.7. The number of benzene rings is 2. The van der Waals surface area contributed by atoms with Crippen molar-refractivity contribution in [3.05, 3.63) is 310 Å². The van der Waals surface area contributed by atoms with Gasteiger partial charge >= 0.3 is 0 Å². The number of pyridine rings is 4. The van der Waals surface area contributed by atoms with Crippen LogP contribution < -0.4 is 42.9 Å². The Morgan fingerprint density at radius 2 is 0.845 bits per heavy atom. The highest BCUT2D eigenvalue weighted by Crippen LogP contribution is 2.34. The van der Waals surface area contributed by atoms with Gasteiger partial charge in [-0.15, -0.1) is 0 Å². The van der Waals surface area contributed by atoms with Crippen LogP contribution in [0.15, 0.2) is 226 Å². The van der Waals surface area contributed by atoms with Crippen molar-refractivity contribution in [2.75, 3.05) is 103 Å². The van der Waals surface area contributed by atoms with Crippen LogP contribution in [0.3, 0.4) is 0 Å². The van der Waals surface area contributed by atoms with E-state index in [1.165, 1.54) is 5.57 Å². The molecule has 148 heavy (non-hydrogen) atoms. The number of aryl methyl sites for hydroxylation is 9. The molecular formula is C112H123N31O5. The average molecular weight is 1980 g/mol. The van der Waals surface area contributed by atoms with Crippen molar-refractivity contribution in [1.82, 2.24) is 140 Å². The predicted octanol–water partition coefficient (Wildman–Crippen LogP) is 13.7. The number of hydrogen-bond acceptors (Lipinski definition) is 26. The minimum atomic E-state index is -0.103. The number of piperazine rings is 2. The van der Waals surface area contributed by atoms with Crippen molar-refractivity contribution >= 4 is 83.7 Å². The van der Waals surface area contributed by atoms with Gasteiger partial charge in [-0.2, -0.15) is 20.4 Å². The summed E-state index contributed by atoms with van der Waals surface area (Å²) in [6.45, 7) is 35.8. The Bertz CT molecular complexity index is 8910. The molecule has 756 valence electrons. The fraction of sp³-hybridized carbons (Fsp3) is 0.348. The summed E-state index contributed by atoms with van der Waals surface area (Å²) in [7, 11) is 10.3. The second kappa shape index (κ2) is 40.5. The first-order chi connectivity index (χ1) is 71.2. The van der Waals surface area contributed by atoms with E-state index in [0.29, 0.717) is 104 Å². The number of rotatable bonds is 11. The molecule has 20 aromatic rings. The largest absolute Gasteiger partial charge is 0.367 e. The molecule has 0 spiro atoms. The lowest BCUT2D eigenvalue weighted by molar-refractivity contribution is 0.170. The Balaban J connectivity index is 0.000000108.